The van der Waals surface area contributed by atoms with Crippen molar-refractivity contribution in [3.05, 3.63) is 89.3 Å². The van der Waals surface area contributed by atoms with Crippen molar-refractivity contribution in [2.75, 3.05) is 19.1 Å². The van der Waals surface area contributed by atoms with E-state index in [1.165, 1.54) is 19.1 Å². The van der Waals surface area contributed by atoms with E-state index in [1.807, 2.05) is 25.1 Å². The number of aromatic nitrogens is 1. The number of nitrogens with zero attached hydrogens (tertiary/aromatic N) is 2. The predicted octanol–water partition coefficient (Wildman–Crippen LogP) is 4.03. The Morgan fingerprint density at radius 3 is 2.41 bits per heavy atom. The molecule has 7 nitrogen and oxygen atoms in total. The number of pyridine rings is 1. The van der Waals surface area contributed by atoms with Crippen molar-refractivity contribution in [2.45, 2.75) is 13.0 Å². The molecule has 1 N–H and O–H groups in total. The first-order valence-electron chi connectivity index (χ1n) is 9.97. The third kappa shape index (κ3) is 3.58. The van der Waals surface area contributed by atoms with E-state index >= 15 is 0 Å². The first-order valence-corrected chi connectivity index (χ1v) is 9.97. The van der Waals surface area contributed by atoms with Gasteiger partial charge in [-0.05, 0) is 55.0 Å². The number of hydrogen-bond acceptors (Lipinski definition) is 6. The summed E-state index contributed by atoms with van der Waals surface area (Å²) in [7, 11) is 2.98. The van der Waals surface area contributed by atoms with Crippen molar-refractivity contribution in [1.82, 2.24) is 4.98 Å². The van der Waals surface area contributed by atoms with Crippen molar-refractivity contribution in [2.24, 2.45) is 0 Å². The molecule has 1 saturated heterocycles. The molecule has 0 spiro atoms. The van der Waals surface area contributed by atoms with Gasteiger partial charge in [0.05, 0.1) is 25.5 Å². The highest BCUT2D eigenvalue weighted by Gasteiger charge is 2.47. The molecule has 0 aliphatic carbocycles. The third-order valence-corrected chi connectivity index (χ3v) is 5.35. The summed E-state index contributed by atoms with van der Waals surface area (Å²) in [4.78, 5) is 32.0. The van der Waals surface area contributed by atoms with E-state index < -0.39 is 17.7 Å². The van der Waals surface area contributed by atoms with Gasteiger partial charge in [0.15, 0.2) is 11.5 Å². The number of methoxy groups -OCH3 is 2. The van der Waals surface area contributed by atoms with Gasteiger partial charge in [0.2, 0.25) is 0 Å². The van der Waals surface area contributed by atoms with Crippen LogP contribution in [-0.2, 0) is 9.59 Å². The lowest BCUT2D eigenvalue weighted by Crippen LogP contribution is -2.29. The lowest BCUT2D eigenvalue weighted by Gasteiger charge is -2.25. The fourth-order valence-electron chi connectivity index (χ4n) is 3.83. The molecule has 0 radical (unpaired) electrons. The van der Waals surface area contributed by atoms with Crippen LogP contribution in [0.3, 0.4) is 0 Å². The summed E-state index contributed by atoms with van der Waals surface area (Å²) in [6, 6.07) is 16.4. The molecule has 1 fully saturated rings. The zero-order chi connectivity index (χ0) is 22.8. The number of aryl methyl sites for hydroxylation is 1. The van der Waals surface area contributed by atoms with Gasteiger partial charge in [0, 0.05) is 17.4 Å². The average molecular weight is 430 g/mol. The average Bonchev–Trinajstić information content (AvgIpc) is 3.09. The zero-order valence-corrected chi connectivity index (χ0v) is 17.9. The molecule has 2 heterocycles. The number of ketones is 1. The van der Waals surface area contributed by atoms with E-state index in [2.05, 4.69) is 4.98 Å². The fourth-order valence-corrected chi connectivity index (χ4v) is 3.83. The van der Waals surface area contributed by atoms with Gasteiger partial charge in [0.25, 0.3) is 11.7 Å². The number of amides is 1. The normalized spacial score (nSPS) is 17.5. The van der Waals surface area contributed by atoms with Crippen LogP contribution in [0.15, 0.2) is 72.4 Å². The van der Waals surface area contributed by atoms with Crippen molar-refractivity contribution in [3.8, 4) is 11.5 Å². The second-order valence-corrected chi connectivity index (χ2v) is 7.33. The van der Waals surface area contributed by atoms with Crippen molar-refractivity contribution < 1.29 is 24.2 Å². The Labute approximate surface area is 185 Å². The molecule has 2 aromatic carbocycles. The standard InChI is InChI=1S/C25H22N2O5/c1-15-7-6-8-17(13-15)27-22(18-9-4-5-12-26-18)21(24(29)25(27)30)23(28)16-10-11-19(31-2)20(14-16)32-3/h4-14,22,28H,1-3H3/b23-21-. The van der Waals surface area contributed by atoms with Crippen LogP contribution in [-0.4, -0.2) is 36.0 Å². The second kappa shape index (κ2) is 8.55. The predicted molar refractivity (Wildman–Crippen MR) is 120 cm³/mol. The van der Waals surface area contributed by atoms with Crippen LogP contribution in [0.5, 0.6) is 11.5 Å². The number of anilines is 1. The van der Waals surface area contributed by atoms with Crippen LogP contribution >= 0.6 is 0 Å². The smallest absolute Gasteiger partial charge is 0.300 e. The number of ether oxygens (including phenoxy) is 2. The molecule has 7 heteroatoms. The van der Waals surface area contributed by atoms with Gasteiger partial charge in [0.1, 0.15) is 11.8 Å². The van der Waals surface area contributed by atoms with E-state index in [0.717, 1.165) is 5.56 Å². The van der Waals surface area contributed by atoms with E-state index in [4.69, 9.17) is 9.47 Å². The quantitative estimate of drug-likeness (QED) is 0.373. The first-order chi connectivity index (χ1) is 15.5. The Kier molecular flexibility index (Phi) is 5.64. The van der Waals surface area contributed by atoms with E-state index in [-0.39, 0.29) is 11.3 Å². The highest BCUT2D eigenvalue weighted by Crippen LogP contribution is 2.42. The Balaban J connectivity index is 1.93. The van der Waals surface area contributed by atoms with E-state index in [9.17, 15) is 14.7 Å². The van der Waals surface area contributed by atoms with E-state index in [0.29, 0.717) is 28.4 Å². The molecule has 32 heavy (non-hydrogen) atoms. The maximum Gasteiger partial charge on any atom is 0.300 e. The number of carbonyl (C=O) groups excluding carboxylic acids is 2. The molecule has 0 saturated carbocycles. The molecular weight excluding hydrogens is 408 g/mol. The van der Waals surface area contributed by atoms with Crippen LogP contribution in [0.25, 0.3) is 5.76 Å². The molecule has 1 amide bonds. The Morgan fingerprint density at radius 2 is 1.75 bits per heavy atom. The molecule has 1 aromatic heterocycles. The zero-order valence-electron chi connectivity index (χ0n) is 17.9. The maximum atomic E-state index is 13.2. The molecule has 1 atom stereocenters. The highest BCUT2D eigenvalue weighted by atomic mass is 16.5. The van der Waals surface area contributed by atoms with Crippen molar-refractivity contribution >= 4 is 23.1 Å². The van der Waals surface area contributed by atoms with E-state index in [1.54, 1.807) is 48.7 Å². The minimum Gasteiger partial charge on any atom is -0.507 e. The Bertz CT molecular complexity index is 1220. The number of aliphatic hydroxyl groups excluding tert-OH is 1. The van der Waals surface area contributed by atoms with Gasteiger partial charge >= 0.3 is 0 Å². The summed E-state index contributed by atoms with van der Waals surface area (Å²) in [6.45, 7) is 1.90. The van der Waals surface area contributed by atoms with Gasteiger partial charge < -0.3 is 14.6 Å². The summed E-state index contributed by atoms with van der Waals surface area (Å²) in [5, 5.41) is 11.2. The number of benzene rings is 2. The Morgan fingerprint density at radius 1 is 0.969 bits per heavy atom. The minimum atomic E-state index is -0.883. The van der Waals surface area contributed by atoms with Crippen molar-refractivity contribution in [3.63, 3.8) is 0 Å². The van der Waals surface area contributed by atoms with Gasteiger partial charge in [-0.15, -0.1) is 0 Å². The molecule has 162 valence electrons. The lowest BCUT2D eigenvalue weighted by atomic mass is 9.98. The van der Waals surface area contributed by atoms with Gasteiger partial charge in [-0.25, -0.2) is 0 Å². The number of rotatable bonds is 5. The van der Waals surface area contributed by atoms with Gasteiger partial charge in [-0.3, -0.25) is 19.5 Å². The van der Waals surface area contributed by atoms with Crippen LogP contribution in [0.1, 0.15) is 22.9 Å². The lowest BCUT2D eigenvalue weighted by molar-refractivity contribution is -0.132. The van der Waals surface area contributed by atoms with Crippen LogP contribution in [0.2, 0.25) is 0 Å². The fraction of sp³-hybridized carbons (Fsp3) is 0.160. The molecule has 1 aliphatic rings. The second-order valence-electron chi connectivity index (χ2n) is 7.33. The minimum absolute atomic E-state index is 0.0394. The molecule has 0 bridgehead atoms. The molecule has 4 rings (SSSR count). The van der Waals surface area contributed by atoms with Crippen LogP contribution < -0.4 is 14.4 Å². The highest BCUT2D eigenvalue weighted by molar-refractivity contribution is 6.51. The van der Waals surface area contributed by atoms with Gasteiger partial charge in [-0.1, -0.05) is 18.2 Å². The van der Waals surface area contributed by atoms with Gasteiger partial charge in [-0.2, -0.15) is 0 Å². The molecule has 1 aliphatic heterocycles. The number of aliphatic hydroxyl groups is 1. The molecule has 1 unspecified atom stereocenters. The molecule has 3 aromatic rings. The largest absolute Gasteiger partial charge is 0.507 e. The maximum absolute atomic E-state index is 13.2. The number of Topliss-reactive ketones (excluding diaryl/α,β-unsaturated/α-hetero) is 1. The first kappa shape index (κ1) is 21.1. The van der Waals surface area contributed by atoms with Crippen molar-refractivity contribution in [1.29, 1.82) is 0 Å². The summed E-state index contributed by atoms with van der Waals surface area (Å²) < 4.78 is 10.6. The Hall–Kier alpha value is -4.13. The molecular formula is C25H22N2O5. The number of hydrogen-bond donors (Lipinski definition) is 1. The number of carbonyl (C=O) groups is 2. The summed E-state index contributed by atoms with van der Waals surface area (Å²) in [6.07, 6.45) is 1.59. The van der Waals surface area contributed by atoms with Crippen LogP contribution in [0.4, 0.5) is 5.69 Å². The summed E-state index contributed by atoms with van der Waals surface area (Å²) in [5.74, 6) is -0.956. The SMILES string of the molecule is COc1ccc(/C(O)=C2/C(=O)C(=O)N(c3cccc(C)c3)C2c2ccccn2)cc1OC. The van der Waals surface area contributed by atoms with Crippen LogP contribution in [0, 0.1) is 6.92 Å². The monoisotopic (exact) mass is 430 g/mol. The summed E-state index contributed by atoms with van der Waals surface area (Å²) >= 11 is 0. The topological polar surface area (TPSA) is 89.0 Å². The third-order valence-electron chi connectivity index (χ3n) is 5.35. The summed E-state index contributed by atoms with van der Waals surface area (Å²) in [5.41, 5.74) is 2.24.